The van der Waals surface area contributed by atoms with E-state index in [1.165, 1.54) is 4.31 Å². The predicted molar refractivity (Wildman–Crippen MR) is 105 cm³/mol. The molecule has 2 aromatic carbocycles. The maximum absolute atomic E-state index is 12.8. The zero-order chi connectivity index (χ0) is 18.7. The number of sulfonamides is 1. The maximum atomic E-state index is 12.8. The molecule has 140 valence electrons. The van der Waals surface area contributed by atoms with E-state index in [1.54, 1.807) is 30.3 Å². The molecular weight excluding hydrogens is 395 g/mol. The van der Waals surface area contributed by atoms with Crippen molar-refractivity contribution in [3.63, 3.8) is 0 Å². The summed E-state index contributed by atoms with van der Waals surface area (Å²) in [6.45, 7) is 4.31. The quantitative estimate of drug-likeness (QED) is 0.743. The Morgan fingerprint density at radius 3 is 2.27 bits per heavy atom. The van der Waals surface area contributed by atoms with Crippen LogP contribution in [0.1, 0.15) is 6.92 Å². The summed E-state index contributed by atoms with van der Waals surface area (Å²) in [5.74, 6) is 0.659. The van der Waals surface area contributed by atoms with Crippen LogP contribution >= 0.6 is 23.2 Å². The van der Waals surface area contributed by atoms with Gasteiger partial charge >= 0.3 is 0 Å². The number of rotatable bonds is 5. The molecular formula is C18H20Cl2N2O3S. The summed E-state index contributed by atoms with van der Waals surface area (Å²) in [6.07, 6.45) is 0. The SMILES string of the molecule is CCOc1ccc(S(=O)(=O)N2CCN(c3cccc(Cl)c3Cl)CC2)cc1. The van der Waals surface area contributed by atoms with E-state index >= 15 is 0 Å². The van der Waals surface area contributed by atoms with Crippen LogP contribution in [0.2, 0.25) is 10.0 Å². The molecule has 5 nitrogen and oxygen atoms in total. The van der Waals surface area contributed by atoms with Gasteiger partial charge in [0.25, 0.3) is 0 Å². The Balaban J connectivity index is 1.71. The van der Waals surface area contributed by atoms with Gasteiger partial charge in [0.1, 0.15) is 5.75 Å². The van der Waals surface area contributed by atoms with Crippen molar-refractivity contribution < 1.29 is 13.2 Å². The molecule has 1 aliphatic heterocycles. The highest BCUT2D eigenvalue weighted by molar-refractivity contribution is 7.89. The standard InChI is InChI=1S/C18H20Cl2N2O3S/c1-2-25-14-6-8-15(9-7-14)26(23,24)22-12-10-21(11-13-22)17-5-3-4-16(19)18(17)20/h3-9H,2,10-13H2,1H3. The normalized spacial score (nSPS) is 15.9. The number of halogens is 2. The van der Waals surface area contributed by atoms with Crippen molar-refractivity contribution in [1.82, 2.24) is 4.31 Å². The molecule has 1 aliphatic rings. The molecule has 2 aromatic rings. The van der Waals surface area contributed by atoms with Gasteiger partial charge in [-0.05, 0) is 43.3 Å². The zero-order valence-electron chi connectivity index (χ0n) is 14.4. The molecule has 0 amide bonds. The highest BCUT2D eigenvalue weighted by Gasteiger charge is 2.29. The molecule has 0 aliphatic carbocycles. The van der Waals surface area contributed by atoms with Gasteiger partial charge in [0, 0.05) is 26.2 Å². The number of anilines is 1. The molecule has 1 heterocycles. The molecule has 0 atom stereocenters. The molecule has 0 bridgehead atoms. The minimum Gasteiger partial charge on any atom is -0.494 e. The Labute approximate surface area is 164 Å². The van der Waals surface area contributed by atoms with Gasteiger partial charge in [-0.2, -0.15) is 4.31 Å². The fourth-order valence-corrected chi connectivity index (χ4v) is 4.77. The summed E-state index contributed by atoms with van der Waals surface area (Å²) in [5, 5.41) is 0.991. The van der Waals surface area contributed by atoms with E-state index in [1.807, 2.05) is 19.1 Å². The van der Waals surface area contributed by atoms with Gasteiger partial charge in [-0.15, -0.1) is 0 Å². The average molecular weight is 415 g/mol. The van der Waals surface area contributed by atoms with Gasteiger partial charge in [0.15, 0.2) is 0 Å². The summed E-state index contributed by atoms with van der Waals surface area (Å²) in [6, 6.07) is 12.0. The van der Waals surface area contributed by atoms with Gasteiger partial charge in [-0.3, -0.25) is 0 Å². The van der Waals surface area contributed by atoms with E-state index in [4.69, 9.17) is 27.9 Å². The van der Waals surface area contributed by atoms with Gasteiger partial charge in [0.2, 0.25) is 10.0 Å². The molecule has 0 saturated carbocycles. The summed E-state index contributed by atoms with van der Waals surface area (Å²) in [4.78, 5) is 2.33. The lowest BCUT2D eigenvalue weighted by atomic mass is 10.2. The van der Waals surface area contributed by atoms with E-state index in [9.17, 15) is 8.42 Å². The summed E-state index contributed by atoms with van der Waals surface area (Å²) in [5.41, 5.74) is 0.831. The largest absolute Gasteiger partial charge is 0.494 e. The topological polar surface area (TPSA) is 49.9 Å². The molecule has 0 aromatic heterocycles. The van der Waals surface area contributed by atoms with Crippen LogP contribution in [0.5, 0.6) is 5.75 Å². The van der Waals surface area contributed by atoms with Crippen LogP contribution in [-0.4, -0.2) is 45.5 Å². The molecule has 1 fully saturated rings. The van der Waals surface area contributed by atoms with E-state index in [-0.39, 0.29) is 4.90 Å². The lowest BCUT2D eigenvalue weighted by molar-refractivity contribution is 0.340. The fourth-order valence-electron chi connectivity index (χ4n) is 2.93. The Hall–Kier alpha value is -1.47. The van der Waals surface area contributed by atoms with Gasteiger partial charge in [0.05, 0.1) is 27.2 Å². The number of ether oxygens (including phenoxy) is 1. The van der Waals surface area contributed by atoms with E-state index < -0.39 is 10.0 Å². The second-order valence-electron chi connectivity index (χ2n) is 5.87. The van der Waals surface area contributed by atoms with Gasteiger partial charge < -0.3 is 9.64 Å². The first-order valence-electron chi connectivity index (χ1n) is 8.35. The lowest BCUT2D eigenvalue weighted by Gasteiger charge is -2.35. The van der Waals surface area contributed by atoms with Crippen molar-refractivity contribution in [3.8, 4) is 5.75 Å². The van der Waals surface area contributed by atoms with Crippen molar-refractivity contribution in [1.29, 1.82) is 0 Å². The average Bonchev–Trinajstić information content (AvgIpc) is 2.65. The number of hydrogen-bond donors (Lipinski definition) is 0. The minimum absolute atomic E-state index is 0.273. The third kappa shape index (κ3) is 3.93. The summed E-state index contributed by atoms with van der Waals surface area (Å²) in [7, 11) is -3.53. The highest BCUT2D eigenvalue weighted by Crippen LogP contribution is 2.33. The number of benzene rings is 2. The van der Waals surface area contributed by atoms with Crippen LogP contribution in [0, 0.1) is 0 Å². The third-order valence-electron chi connectivity index (χ3n) is 4.28. The summed E-state index contributed by atoms with van der Waals surface area (Å²) < 4.78 is 32.5. The lowest BCUT2D eigenvalue weighted by Crippen LogP contribution is -2.48. The Kier molecular flexibility index (Phi) is 5.97. The third-order valence-corrected chi connectivity index (χ3v) is 7.00. The van der Waals surface area contributed by atoms with Gasteiger partial charge in [-0.25, -0.2) is 8.42 Å². The van der Waals surface area contributed by atoms with Gasteiger partial charge in [-0.1, -0.05) is 29.3 Å². The maximum Gasteiger partial charge on any atom is 0.243 e. The monoisotopic (exact) mass is 414 g/mol. The Bertz CT molecular complexity index is 865. The van der Waals surface area contributed by atoms with Crippen molar-refractivity contribution in [2.45, 2.75) is 11.8 Å². The first-order valence-corrected chi connectivity index (χ1v) is 10.5. The molecule has 8 heteroatoms. The van der Waals surface area contributed by atoms with Crippen LogP contribution < -0.4 is 9.64 Å². The number of hydrogen-bond acceptors (Lipinski definition) is 4. The Morgan fingerprint density at radius 2 is 1.65 bits per heavy atom. The second-order valence-corrected chi connectivity index (χ2v) is 8.59. The minimum atomic E-state index is -3.53. The van der Waals surface area contributed by atoms with Crippen LogP contribution in [-0.2, 0) is 10.0 Å². The summed E-state index contributed by atoms with van der Waals surface area (Å²) >= 11 is 12.3. The fraction of sp³-hybridized carbons (Fsp3) is 0.333. The zero-order valence-corrected chi connectivity index (χ0v) is 16.7. The molecule has 26 heavy (non-hydrogen) atoms. The van der Waals surface area contributed by atoms with Crippen LogP contribution in [0.15, 0.2) is 47.4 Å². The number of piperazine rings is 1. The molecule has 0 radical (unpaired) electrons. The predicted octanol–water partition coefficient (Wildman–Crippen LogP) is 3.90. The van der Waals surface area contributed by atoms with Crippen LogP contribution in [0.25, 0.3) is 0 Å². The molecule has 3 rings (SSSR count). The van der Waals surface area contributed by atoms with Crippen molar-refractivity contribution in [3.05, 3.63) is 52.5 Å². The second kappa shape index (κ2) is 8.05. The van der Waals surface area contributed by atoms with E-state index in [0.29, 0.717) is 48.6 Å². The molecule has 0 N–H and O–H groups in total. The van der Waals surface area contributed by atoms with Crippen molar-refractivity contribution in [2.75, 3.05) is 37.7 Å². The van der Waals surface area contributed by atoms with E-state index in [2.05, 4.69) is 4.90 Å². The van der Waals surface area contributed by atoms with Crippen LogP contribution in [0.3, 0.4) is 0 Å². The molecule has 0 unspecified atom stereocenters. The highest BCUT2D eigenvalue weighted by atomic mass is 35.5. The molecule has 0 spiro atoms. The van der Waals surface area contributed by atoms with Crippen LogP contribution in [0.4, 0.5) is 5.69 Å². The first kappa shape index (κ1) is 19.3. The number of nitrogens with zero attached hydrogens (tertiary/aromatic N) is 2. The van der Waals surface area contributed by atoms with E-state index in [0.717, 1.165) is 5.69 Å². The Morgan fingerprint density at radius 1 is 1.00 bits per heavy atom. The molecule has 1 saturated heterocycles. The van der Waals surface area contributed by atoms with Crippen molar-refractivity contribution >= 4 is 38.9 Å². The smallest absolute Gasteiger partial charge is 0.243 e. The van der Waals surface area contributed by atoms with Crippen molar-refractivity contribution in [2.24, 2.45) is 0 Å². The first-order chi connectivity index (χ1) is 12.4.